The summed E-state index contributed by atoms with van der Waals surface area (Å²) in [5, 5.41) is 7.08. The fourth-order valence-electron chi connectivity index (χ4n) is 2.76. The molecule has 1 fully saturated rings. The van der Waals surface area contributed by atoms with Gasteiger partial charge in [-0.1, -0.05) is 19.3 Å². The molecule has 1 amide bonds. The Labute approximate surface area is 124 Å². The Morgan fingerprint density at radius 2 is 2.25 bits per heavy atom. The van der Waals surface area contributed by atoms with Gasteiger partial charge in [0, 0.05) is 30.1 Å². The monoisotopic (exact) mass is 296 g/mol. The average molecular weight is 296 g/mol. The lowest BCUT2D eigenvalue weighted by atomic mass is 9.88. The lowest BCUT2D eigenvalue weighted by Crippen LogP contribution is -2.44. The SMILES string of the molecule is CSC1(CNC(=O)C(N)c2cnn(C)c2)CCCCC1. The Hall–Kier alpha value is -1.01. The molecule has 0 radical (unpaired) electrons. The third-order valence-corrected chi connectivity index (χ3v) is 5.57. The van der Waals surface area contributed by atoms with Gasteiger partial charge in [0.25, 0.3) is 0 Å². The summed E-state index contributed by atoms with van der Waals surface area (Å²) >= 11 is 1.87. The maximum absolute atomic E-state index is 12.2. The lowest BCUT2D eigenvalue weighted by Gasteiger charge is -2.36. The molecule has 1 unspecified atom stereocenters. The maximum Gasteiger partial charge on any atom is 0.241 e. The van der Waals surface area contributed by atoms with Crippen molar-refractivity contribution in [2.75, 3.05) is 12.8 Å². The van der Waals surface area contributed by atoms with E-state index in [0.717, 1.165) is 5.56 Å². The molecule has 1 aromatic rings. The number of nitrogens with zero attached hydrogens (tertiary/aromatic N) is 2. The van der Waals surface area contributed by atoms with E-state index in [-0.39, 0.29) is 10.7 Å². The van der Waals surface area contributed by atoms with Gasteiger partial charge in [0.15, 0.2) is 0 Å². The molecule has 0 spiro atoms. The molecule has 5 nitrogen and oxygen atoms in total. The Kier molecular flexibility index (Phi) is 5.10. The predicted octanol–water partition coefficient (Wildman–Crippen LogP) is 1.60. The van der Waals surface area contributed by atoms with E-state index in [1.54, 1.807) is 17.1 Å². The van der Waals surface area contributed by atoms with Crippen LogP contribution in [0.4, 0.5) is 0 Å². The molecule has 0 aromatic carbocycles. The van der Waals surface area contributed by atoms with Crippen molar-refractivity contribution in [3.63, 3.8) is 0 Å². The predicted molar refractivity (Wildman–Crippen MR) is 82.5 cm³/mol. The Balaban J connectivity index is 1.90. The van der Waals surface area contributed by atoms with Crippen molar-refractivity contribution in [2.24, 2.45) is 12.8 Å². The van der Waals surface area contributed by atoms with E-state index < -0.39 is 6.04 Å². The Morgan fingerprint density at radius 1 is 1.55 bits per heavy atom. The molecule has 0 aliphatic heterocycles. The van der Waals surface area contributed by atoms with Gasteiger partial charge in [0.2, 0.25) is 5.91 Å². The van der Waals surface area contributed by atoms with Crippen molar-refractivity contribution >= 4 is 17.7 Å². The second kappa shape index (κ2) is 6.63. The zero-order valence-corrected chi connectivity index (χ0v) is 13.1. The van der Waals surface area contributed by atoms with E-state index in [0.29, 0.717) is 6.54 Å². The van der Waals surface area contributed by atoms with Gasteiger partial charge in [-0.2, -0.15) is 16.9 Å². The Bertz CT molecular complexity index is 454. The van der Waals surface area contributed by atoms with E-state index in [4.69, 9.17) is 5.73 Å². The first kappa shape index (κ1) is 15.4. The molecule has 0 saturated heterocycles. The normalized spacial score (nSPS) is 19.6. The summed E-state index contributed by atoms with van der Waals surface area (Å²) < 4.78 is 1.86. The number of carbonyl (C=O) groups excluding carboxylic acids is 1. The smallest absolute Gasteiger partial charge is 0.241 e. The zero-order valence-electron chi connectivity index (χ0n) is 12.3. The summed E-state index contributed by atoms with van der Waals surface area (Å²) in [5.74, 6) is -0.114. The van der Waals surface area contributed by atoms with E-state index in [9.17, 15) is 4.79 Å². The molecule has 3 N–H and O–H groups in total. The maximum atomic E-state index is 12.2. The standard InChI is InChI=1S/C14H24N4OS/c1-18-9-11(8-17-18)12(15)13(19)16-10-14(20-2)6-4-3-5-7-14/h8-9,12H,3-7,10,15H2,1-2H3,(H,16,19). The van der Waals surface area contributed by atoms with Gasteiger partial charge in [-0.25, -0.2) is 0 Å². The zero-order chi connectivity index (χ0) is 14.6. The minimum absolute atomic E-state index is 0.114. The summed E-state index contributed by atoms with van der Waals surface area (Å²) in [5.41, 5.74) is 6.74. The van der Waals surface area contributed by atoms with Gasteiger partial charge >= 0.3 is 0 Å². The molecule has 1 aromatic heterocycles. The topological polar surface area (TPSA) is 72.9 Å². The lowest BCUT2D eigenvalue weighted by molar-refractivity contribution is -0.122. The minimum atomic E-state index is -0.633. The first-order chi connectivity index (χ1) is 9.56. The van der Waals surface area contributed by atoms with Crippen molar-refractivity contribution in [2.45, 2.75) is 42.9 Å². The van der Waals surface area contributed by atoms with Gasteiger partial charge in [-0.3, -0.25) is 9.48 Å². The minimum Gasteiger partial charge on any atom is -0.353 e. The number of carbonyl (C=O) groups is 1. The molecule has 1 aliphatic rings. The highest BCUT2D eigenvalue weighted by Gasteiger charge is 2.32. The quantitative estimate of drug-likeness (QED) is 0.865. The first-order valence-corrected chi connectivity index (χ1v) is 8.36. The van der Waals surface area contributed by atoms with E-state index in [1.807, 2.05) is 18.8 Å². The fraction of sp³-hybridized carbons (Fsp3) is 0.714. The van der Waals surface area contributed by atoms with Gasteiger partial charge in [0.1, 0.15) is 6.04 Å². The number of nitrogens with one attached hydrogen (secondary N) is 1. The van der Waals surface area contributed by atoms with Crippen molar-refractivity contribution < 1.29 is 4.79 Å². The van der Waals surface area contributed by atoms with Crippen LogP contribution in [0.3, 0.4) is 0 Å². The number of aryl methyl sites for hydroxylation is 1. The highest BCUT2D eigenvalue weighted by Crippen LogP contribution is 2.38. The summed E-state index contributed by atoms with van der Waals surface area (Å²) in [6, 6.07) is -0.633. The van der Waals surface area contributed by atoms with E-state index >= 15 is 0 Å². The molecule has 112 valence electrons. The van der Waals surface area contributed by atoms with Crippen LogP contribution in [0.25, 0.3) is 0 Å². The van der Waals surface area contributed by atoms with Gasteiger partial charge < -0.3 is 11.1 Å². The fourth-order valence-corrected chi connectivity index (χ4v) is 3.67. The van der Waals surface area contributed by atoms with Crippen LogP contribution < -0.4 is 11.1 Å². The largest absolute Gasteiger partial charge is 0.353 e. The molecular formula is C14H24N4OS. The molecular weight excluding hydrogens is 272 g/mol. The van der Waals surface area contributed by atoms with E-state index in [1.165, 1.54) is 32.1 Å². The Morgan fingerprint density at radius 3 is 2.80 bits per heavy atom. The summed E-state index contributed by atoms with van der Waals surface area (Å²) in [4.78, 5) is 12.2. The number of rotatable bonds is 5. The second-order valence-electron chi connectivity index (χ2n) is 5.59. The van der Waals surface area contributed by atoms with Crippen molar-refractivity contribution in [1.82, 2.24) is 15.1 Å². The number of amides is 1. The van der Waals surface area contributed by atoms with Crippen LogP contribution in [0.1, 0.15) is 43.7 Å². The summed E-state index contributed by atoms with van der Waals surface area (Å²) in [6.07, 6.45) is 11.7. The van der Waals surface area contributed by atoms with Crippen molar-refractivity contribution in [3.8, 4) is 0 Å². The van der Waals surface area contributed by atoms with Crippen LogP contribution in [0.15, 0.2) is 12.4 Å². The third-order valence-electron chi connectivity index (χ3n) is 4.15. The van der Waals surface area contributed by atoms with Crippen LogP contribution in [-0.4, -0.2) is 33.2 Å². The second-order valence-corrected chi connectivity index (χ2v) is 6.86. The summed E-state index contributed by atoms with van der Waals surface area (Å²) in [6.45, 7) is 0.709. The number of thioether (sulfide) groups is 1. The van der Waals surface area contributed by atoms with Crippen LogP contribution in [-0.2, 0) is 11.8 Å². The number of hydrogen-bond donors (Lipinski definition) is 2. The van der Waals surface area contributed by atoms with Crippen LogP contribution in [0.2, 0.25) is 0 Å². The average Bonchev–Trinajstić information content (AvgIpc) is 2.91. The molecule has 1 atom stereocenters. The van der Waals surface area contributed by atoms with Crippen LogP contribution in [0, 0.1) is 0 Å². The molecule has 20 heavy (non-hydrogen) atoms. The number of aromatic nitrogens is 2. The van der Waals surface area contributed by atoms with E-state index in [2.05, 4.69) is 16.7 Å². The molecule has 1 saturated carbocycles. The number of nitrogens with two attached hydrogens (primary N) is 1. The van der Waals surface area contributed by atoms with Gasteiger partial charge in [0.05, 0.1) is 6.20 Å². The molecule has 2 rings (SSSR count). The summed E-state index contributed by atoms with van der Waals surface area (Å²) in [7, 11) is 1.82. The van der Waals surface area contributed by atoms with Crippen LogP contribution in [0.5, 0.6) is 0 Å². The third kappa shape index (κ3) is 3.55. The molecule has 1 aliphatic carbocycles. The van der Waals surface area contributed by atoms with Crippen molar-refractivity contribution in [3.05, 3.63) is 18.0 Å². The molecule has 0 bridgehead atoms. The highest BCUT2D eigenvalue weighted by molar-refractivity contribution is 8.00. The van der Waals surface area contributed by atoms with Crippen molar-refractivity contribution in [1.29, 1.82) is 0 Å². The molecule has 6 heteroatoms. The van der Waals surface area contributed by atoms with Crippen LogP contribution >= 0.6 is 11.8 Å². The van der Waals surface area contributed by atoms with Gasteiger partial charge in [-0.15, -0.1) is 0 Å². The highest BCUT2D eigenvalue weighted by atomic mass is 32.2. The molecule has 1 heterocycles. The first-order valence-electron chi connectivity index (χ1n) is 7.13. The van der Waals surface area contributed by atoms with Gasteiger partial charge in [-0.05, 0) is 19.1 Å². The number of hydrogen-bond acceptors (Lipinski definition) is 4.